The molecule has 8 rings (SSSR count). The molecule has 2 aliphatic carbocycles. The van der Waals surface area contributed by atoms with Gasteiger partial charge in [0.1, 0.15) is 35.9 Å². The lowest BCUT2D eigenvalue weighted by molar-refractivity contribution is -0.282. The fourth-order valence-electron chi connectivity index (χ4n) is 19.8. The van der Waals surface area contributed by atoms with Crippen LogP contribution in [0.1, 0.15) is 231 Å². The second-order valence-electron chi connectivity index (χ2n) is 36.3. The van der Waals surface area contributed by atoms with E-state index in [0.29, 0.717) is 121 Å². The summed E-state index contributed by atoms with van der Waals surface area (Å²) in [6, 6.07) is -2.19. The van der Waals surface area contributed by atoms with Gasteiger partial charge in [-0.15, -0.1) is 13.2 Å². The lowest BCUT2D eigenvalue weighted by atomic mass is 9.76. The van der Waals surface area contributed by atoms with Crippen LogP contribution < -0.4 is 11.5 Å². The molecular weight excluding hydrogens is 1500 g/mol. The van der Waals surface area contributed by atoms with Gasteiger partial charge in [0, 0.05) is 99.0 Å². The maximum atomic E-state index is 14.3. The first-order chi connectivity index (χ1) is 54.7. The quantitative estimate of drug-likeness (QED) is 0.0390. The molecule has 0 spiro atoms. The molecule has 25 heteroatoms. The van der Waals surface area contributed by atoms with Gasteiger partial charge in [-0.1, -0.05) is 122 Å². The van der Waals surface area contributed by atoms with E-state index < -0.39 is 143 Å². The molecule has 0 aromatic carbocycles. The average Bonchev–Trinajstić information content (AvgIpc) is 0.781. The number of piperidine rings is 2. The Bertz CT molecular complexity index is 3450. The number of hydrogen-bond donors (Lipinski definition) is 8. The SMILES string of the molecule is C=CCN.C=CC[C@@H]1/C=C(\C)C[C@H](C)C[C@H](C)[C@H]2O[C@@](O)(C(=O)C(=O)N3CCCC[C@H]3C(=O)O[C@H](/C(C)=C/[C@@H]3CC[C@@H](O)[C@H](OC)C3)[C@H](C)[C@@H](O)CC1=O)[C@H](C)C[C@@H]2[SiH3].CO[C@@H]1C[C@H](/C=C(\C)[C@H]2OC(=O)[C@@H]3CCCCN3C(=O)C(=O)[C@]3(O)O[C@H]([C@@H](C)C[C@@H](C)C/C(C)=C/[C@@H](CC=CCN)C(=O)C[C@H](O)[C@H]2C)[C@@H](C)C[C@H]3C)CC[C@H]1O. The molecule has 656 valence electrons. The second-order valence-corrected chi connectivity index (χ2v) is 37.8. The zero-order chi connectivity index (χ0) is 86.4. The minimum Gasteiger partial charge on any atom is -0.456 e. The van der Waals surface area contributed by atoms with Gasteiger partial charge in [-0.25, -0.2) is 9.59 Å². The summed E-state index contributed by atoms with van der Waals surface area (Å²) in [5, 5.41) is 68.2. The van der Waals surface area contributed by atoms with Crippen molar-refractivity contribution in [3.05, 3.63) is 84.1 Å². The first-order valence-corrected chi connectivity index (χ1v) is 44.6. The third-order valence-corrected chi connectivity index (χ3v) is 27.4. The number of rotatable bonds is 12. The van der Waals surface area contributed by atoms with E-state index in [2.05, 4.69) is 33.9 Å². The standard InChI is InChI=1S/C45H72N2O10.C43H69NO10Si.C3H7N/c1-26-19-27(2)21-34(13-9-11-17-46)38(50)25-37(49)32(7)41(30(5)23-33-15-16-36(48)39(24-33)55-8)56-44(53)35-14-10-12-18-47(35)43(52)42(51)45(54)31(6)22-29(4)40(57-45)28(3)20-26;1-9-12-31-19-25(3)17-24(2)18-26(4)39-37(55)21-28(6)43(51,54-39)40(48)41(49)44-16-11-10-13-32(44)42(50)53-38(29(7)34(46)23-35(31)47)27(5)20-30-14-15-33(45)36(22-30)52-8;1-2-3-4/h9,11,21,23,26,28-29,31-37,39-41,48-49,54H,10,12-20,22,24-25,46H2,1-8H3;9,19-20,24,26,28-34,36-39,45-46,51H,1,10-18,21-23H2,2-8,55H3;2H,1,3-4H2/b11-9?,27-21+,30-23+;25-19+,27-20+;/t26-,28-,29-,31+,32+,33-,34+,35-,36+,37-,39+,40+,41+,45+;24-,26-,28+,29+,30-,31+,32-,33+,34-,36+,37-,38+,39+,43+;/m00./s1. The van der Waals surface area contributed by atoms with Crippen molar-refractivity contribution in [3.8, 4) is 0 Å². The van der Waals surface area contributed by atoms with E-state index in [9.17, 15) is 69.0 Å². The van der Waals surface area contributed by atoms with Crippen LogP contribution in [-0.2, 0) is 66.8 Å². The Morgan fingerprint density at radius 2 is 0.922 bits per heavy atom. The first-order valence-electron chi connectivity index (χ1n) is 43.5. The summed E-state index contributed by atoms with van der Waals surface area (Å²) in [5.74, 6) is -13.8. The van der Waals surface area contributed by atoms with Crippen LogP contribution in [0.15, 0.2) is 84.1 Å². The number of esters is 2. The number of amides is 2. The highest BCUT2D eigenvalue weighted by molar-refractivity contribution is 6.39. The minimum atomic E-state index is -2.36. The molecule has 0 aromatic heterocycles. The molecule has 24 nitrogen and oxygen atoms in total. The Morgan fingerprint density at radius 1 is 0.526 bits per heavy atom. The van der Waals surface area contributed by atoms with Crippen LogP contribution in [-0.4, -0.2) is 223 Å². The number of aliphatic hydroxyl groups excluding tert-OH is 4. The molecule has 4 bridgehead atoms. The van der Waals surface area contributed by atoms with E-state index in [-0.39, 0.29) is 110 Å². The molecule has 8 aliphatic rings. The number of ether oxygens (including phenoxy) is 6. The minimum absolute atomic E-state index is 0.000234. The Kier molecular flexibility index (Phi) is 39.8. The van der Waals surface area contributed by atoms with Gasteiger partial charge in [0.05, 0.1) is 48.8 Å². The van der Waals surface area contributed by atoms with Crippen LogP contribution in [0.25, 0.3) is 0 Å². The zero-order valence-electron chi connectivity index (χ0n) is 72.9. The predicted octanol–water partition coefficient (Wildman–Crippen LogP) is 9.74. The summed E-state index contributed by atoms with van der Waals surface area (Å²) in [7, 11) is 3.92. The van der Waals surface area contributed by atoms with Crippen molar-refractivity contribution in [1.82, 2.24) is 9.80 Å². The topological polar surface area (TPSA) is 372 Å². The smallest absolute Gasteiger partial charge is 0.329 e. The van der Waals surface area contributed by atoms with Gasteiger partial charge in [0.2, 0.25) is 11.6 Å². The number of carbonyl (C=O) groups excluding carboxylic acids is 8. The summed E-state index contributed by atoms with van der Waals surface area (Å²) in [5.41, 5.74) is 14.2. The molecule has 6 fully saturated rings. The molecule has 6 heterocycles. The number of nitrogens with zero attached hydrogens (tertiary/aromatic N) is 2. The normalized spacial score (nSPS) is 40.4. The molecule has 10 N–H and O–H groups in total. The van der Waals surface area contributed by atoms with Crippen molar-refractivity contribution in [3.63, 3.8) is 0 Å². The fraction of sp³-hybridized carbons (Fsp3) is 0.758. The Labute approximate surface area is 695 Å². The van der Waals surface area contributed by atoms with Crippen LogP contribution in [0.5, 0.6) is 0 Å². The second kappa shape index (κ2) is 46.5. The number of carbonyl (C=O) groups is 8. The third kappa shape index (κ3) is 26.5. The number of Topliss-reactive ketones (excluding diaryl/α,β-unsaturated/α-hetero) is 4. The third-order valence-electron chi connectivity index (χ3n) is 26.3. The number of ketones is 4. The molecule has 2 saturated carbocycles. The van der Waals surface area contributed by atoms with E-state index in [1.165, 1.54) is 9.80 Å². The van der Waals surface area contributed by atoms with Gasteiger partial charge in [-0.3, -0.25) is 28.8 Å². The molecule has 0 aromatic rings. The molecule has 0 radical (unpaired) electrons. The van der Waals surface area contributed by atoms with Gasteiger partial charge in [-0.2, -0.15) is 0 Å². The molecule has 116 heavy (non-hydrogen) atoms. The maximum absolute atomic E-state index is 14.3. The monoisotopic (exact) mass is 1650 g/mol. The number of cyclic esters (lactones) is 2. The number of allylic oxidation sites excluding steroid dienone is 8. The highest BCUT2D eigenvalue weighted by atomic mass is 28.1. The van der Waals surface area contributed by atoms with E-state index in [1.54, 1.807) is 54.1 Å². The molecule has 2 amide bonds. The van der Waals surface area contributed by atoms with E-state index in [1.807, 2.05) is 78.0 Å². The summed E-state index contributed by atoms with van der Waals surface area (Å²) in [4.78, 5) is 116. The summed E-state index contributed by atoms with van der Waals surface area (Å²) < 4.78 is 36.3. The van der Waals surface area contributed by atoms with Crippen molar-refractivity contribution in [2.24, 2.45) is 88.4 Å². The average molecular weight is 1650 g/mol. The molecule has 28 atom stereocenters. The van der Waals surface area contributed by atoms with E-state index in [4.69, 9.17) is 39.9 Å². The highest BCUT2D eigenvalue weighted by Crippen LogP contribution is 2.46. The van der Waals surface area contributed by atoms with Crippen molar-refractivity contribution >= 4 is 57.1 Å². The van der Waals surface area contributed by atoms with Gasteiger partial charge in [0.25, 0.3) is 23.4 Å². The van der Waals surface area contributed by atoms with Gasteiger partial charge in [-0.05, 0) is 214 Å². The lowest BCUT2D eigenvalue weighted by Crippen LogP contribution is -2.62. The number of nitrogens with two attached hydrogens (primary N) is 2. The van der Waals surface area contributed by atoms with Gasteiger partial charge in [0.15, 0.2) is 0 Å². The van der Waals surface area contributed by atoms with Crippen LogP contribution in [0.4, 0.5) is 0 Å². The van der Waals surface area contributed by atoms with Gasteiger partial charge >= 0.3 is 11.9 Å². The number of aliphatic hydroxyl groups is 6. The Balaban J connectivity index is 0.000000345. The number of fused-ring (bicyclic) bond motifs is 6. The lowest BCUT2D eigenvalue weighted by Gasteiger charge is -2.46. The highest BCUT2D eigenvalue weighted by Gasteiger charge is 2.57. The van der Waals surface area contributed by atoms with Crippen LogP contribution in [0.2, 0.25) is 5.54 Å². The molecule has 6 aliphatic heterocycles. The predicted molar refractivity (Wildman–Crippen MR) is 450 cm³/mol. The Morgan fingerprint density at radius 3 is 1.33 bits per heavy atom. The number of methoxy groups -OCH3 is 2. The van der Waals surface area contributed by atoms with Crippen LogP contribution >= 0.6 is 0 Å². The molecule has 4 saturated heterocycles. The molecule has 0 unspecified atom stereocenters. The van der Waals surface area contributed by atoms with Crippen LogP contribution in [0.3, 0.4) is 0 Å². The fourth-order valence-corrected chi connectivity index (χ4v) is 21.3. The van der Waals surface area contributed by atoms with E-state index in [0.717, 1.165) is 40.7 Å². The van der Waals surface area contributed by atoms with Crippen molar-refractivity contribution in [2.45, 2.75) is 322 Å². The van der Waals surface area contributed by atoms with Crippen LogP contribution in [0, 0.1) is 76.9 Å². The Hall–Kier alpha value is -5.52. The summed E-state index contributed by atoms with van der Waals surface area (Å²) in [6.45, 7) is 33.5. The summed E-state index contributed by atoms with van der Waals surface area (Å²) >= 11 is 0. The summed E-state index contributed by atoms with van der Waals surface area (Å²) in [6.07, 6.45) is 18.9. The zero-order valence-corrected chi connectivity index (χ0v) is 74.9. The number of hydrogen-bond acceptors (Lipinski definition) is 22. The molecular formula is C91H148N4O20Si. The van der Waals surface area contributed by atoms with E-state index >= 15 is 0 Å². The van der Waals surface area contributed by atoms with Crippen molar-refractivity contribution < 1.29 is 97.4 Å². The largest absolute Gasteiger partial charge is 0.456 e. The van der Waals surface area contributed by atoms with Crippen molar-refractivity contribution in [2.75, 3.05) is 40.4 Å². The van der Waals surface area contributed by atoms with Crippen molar-refractivity contribution in [1.29, 1.82) is 0 Å². The first kappa shape index (κ1) is 99.3. The van der Waals surface area contributed by atoms with Gasteiger partial charge < -0.3 is 80.3 Å². The maximum Gasteiger partial charge on any atom is 0.329 e.